The number of carbonyl (C=O) groups excluding carboxylic acids is 1. The van der Waals surface area contributed by atoms with Crippen molar-refractivity contribution in [3.05, 3.63) is 29.8 Å². The van der Waals surface area contributed by atoms with E-state index in [9.17, 15) is 4.79 Å². The maximum absolute atomic E-state index is 12.3. The van der Waals surface area contributed by atoms with Crippen LogP contribution in [0, 0.1) is 0 Å². The van der Waals surface area contributed by atoms with Gasteiger partial charge in [0.05, 0.1) is 12.5 Å². The minimum absolute atomic E-state index is 0.0244. The molecule has 98 valence electrons. The number of alkyl halides is 1. The summed E-state index contributed by atoms with van der Waals surface area (Å²) in [5, 5.41) is 2.99. The summed E-state index contributed by atoms with van der Waals surface area (Å²) in [5.74, 6) is 1.09. The van der Waals surface area contributed by atoms with Gasteiger partial charge in [-0.1, -0.05) is 18.2 Å². The zero-order chi connectivity index (χ0) is 13.2. The maximum atomic E-state index is 12.3. The largest absolute Gasteiger partial charge is 0.493 e. The summed E-state index contributed by atoms with van der Waals surface area (Å²) in [6.07, 6.45) is 0.710. The Labute approximate surface area is 112 Å². The van der Waals surface area contributed by atoms with Crippen LogP contribution in [0.15, 0.2) is 24.3 Å². The van der Waals surface area contributed by atoms with Crippen LogP contribution in [0.5, 0.6) is 5.75 Å². The van der Waals surface area contributed by atoms with E-state index in [0.717, 1.165) is 11.3 Å². The van der Waals surface area contributed by atoms with Gasteiger partial charge in [0.15, 0.2) is 0 Å². The highest BCUT2D eigenvalue weighted by Gasteiger charge is 2.30. The van der Waals surface area contributed by atoms with Crippen LogP contribution < -0.4 is 10.1 Å². The van der Waals surface area contributed by atoms with E-state index in [4.69, 9.17) is 16.3 Å². The molecule has 0 radical (unpaired) electrons. The minimum atomic E-state index is -0.383. The van der Waals surface area contributed by atoms with Crippen molar-refractivity contribution in [2.75, 3.05) is 12.5 Å². The van der Waals surface area contributed by atoms with Crippen LogP contribution in [-0.4, -0.2) is 23.9 Å². The smallest absolute Gasteiger partial charge is 0.228 e. The summed E-state index contributed by atoms with van der Waals surface area (Å²) in [5.41, 5.74) is 0.581. The van der Waals surface area contributed by atoms with Gasteiger partial charge in [-0.2, -0.15) is 0 Å². The maximum Gasteiger partial charge on any atom is 0.228 e. The third kappa shape index (κ3) is 2.78. The van der Waals surface area contributed by atoms with Gasteiger partial charge in [-0.05, 0) is 26.3 Å². The molecular formula is C14H18ClNO2. The molecule has 18 heavy (non-hydrogen) atoms. The normalized spacial score (nSPS) is 18.7. The fourth-order valence-electron chi connectivity index (χ4n) is 2.07. The van der Waals surface area contributed by atoms with Gasteiger partial charge in [0.2, 0.25) is 5.91 Å². The van der Waals surface area contributed by atoms with Gasteiger partial charge < -0.3 is 10.1 Å². The molecule has 3 nitrogen and oxygen atoms in total. The molecule has 0 aliphatic carbocycles. The summed E-state index contributed by atoms with van der Waals surface area (Å²) in [7, 11) is 0. The number of amides is 1. The molecule has 1 amide bonds. The Morgan fingerprint density at radius 1 is 1.50 bits per heavy atom. The van der Waals surface area contributed by atoms with Crippen LogP contribution in [0.25, 0.3) is 0 Å². The topological polar surface area (TPSA) is 38.3 Å². The van der Waals surface area contributed by atoms with E-state index >= 15 is 0 Å². The van der Waals surface area contributed by atoms with E-state index in [1.165, 1.54) is 0 Å². The predicted octanol–water partition coefficient (Wildman–Crippen LogP) is 2.69. The molecule has 1 aromatic carbocycles. The van der Waals surface area contributed by atoms with Crippen molar-refractivity contribution < 1.29 is 9.53 Å². The highest BCUT2D eigenvalue weighted by molar-refractivity contribution is 6.18. The molecule has 1 aliphatic rings. The lowest BCUT2D eigenvalue weighted by Gasteiger charge is -2.29. The number of benzene rings is 1. The second kappa shape index (κ2) is 5.19. The van der Waals surface area contributed by atoms with Crippen molar-refractivity contribution in [1.29, 1.82) is 0 Å². The lowest BCUT2D eigenvalue weighted by Crippen LogP contribution is -2.47. The number of nitrogens with one attached hydrogen (secondary N) is 1. The molecule has 0 fully saturated rings. The fourth-order valence-corrected chi connectivity index (χ4v) is 2.14. The van der Waals surface area contributed by atoms with Crippen molar-refractivity contribution >= 4 is 17.5 Å². The molecule has 0 bridgehead atoms. The molecule has 0 aromatic heterocycles. The molecule has 1 aliphatic heterocycles. The van der Waals surface area contributed by atoms with Crippen molar-refractivity contribution in [3.8, 4) is 5.75 Å². The van der Waals surface area contributed by atoms with Crippen LogP contribution in [0.4, 0.5) is 0 Å². The summed E-state index contributed by atoms with van der Waals surface area (Å²) in [6.45, 7) is 4.42. The summed E-state index contributed by atoms with van der Waals surface area (Å²) in [6, 6.07) is 7.70. The number of hydrogen-bond acceptors (Lipinski definition) is 2. The second-order valence-electron chi connectivity index (χ2n) is 5.23. The van der Waals surface area contributed by atoms with E-state index in [0.29, 0.717) is 18.9 Å². The van der Waals surface area contributed by atoms with Crippen LogP contribution in [0.2, 0.25) is 0 Å². The Morgan fingerprint density at radius 2 is 2.22 bits per heavy atom. The number of halogens is 1. The molecule has 1 atom stereocenters. The van der Waals surface area contributed by atoms with Crippen LogP contribution in [0.3, 0.4) is 0 Å². The van der Waals surface area contributed by atoms with E-state index in [-0.39, 0.29) is 17.4 Å². The van der Waals surface area contributed by atoms with Gasteiger partial charge in [0.25, 0.3) is 0 Å². The Morgan fingerprint density at radius 3 is 2.94 bits per heavy atom. The van der Waals surface area contributed by atoms with Gasteiger partial charge >= 0.3 is 0 Å². The Bertz CT molecular complexity index is 445. The fraction of sp³-hybridized carbons (Fsp3) is 0.500. The first-order valence-corrected chi connectivity index (χ1v) is 6.67. The van der Waals surface area contributed by atoms with E-state index < -0.39 is 0 Å². The van der Waals surface area contributed by atoms with Crippen LogP contribution in [0.1, 0.15) is 31.7 Å². The summed E-state index contributed by atoms with van der Waals surface area (Å²) in [4.78, 5) is 12.3. The molecule has 1 unspecified atom stereocenters. The van der Waals surface area contributed by atoms with E-state index in [1.54, 1.807) is 0 Å². The molecular weight excluding hydrogens is 250 g/mol. The van der Waals surface area contributed by atoms with Crippen LogP contribution >= 0.6 is 11.6 Å². The third-order valence-corrected chi connectivity index (χ3v) is 3.74. The molecule has 0 spiro atoms. The van der Waals surface area contributed by atoms with E-state index in [2.05, 4.69) is 5.32 Å². The zero-order valence-corrected chi connectivity index (χ0v) is 11.5. The van der Waals surface area contributed by atoms with Gasteiger partial charge in [-0.25, -0.2) is 0 Å². The van der Waals surface area contributed by atoms with Gasteiger partial charge in [-0.3, -0.25) is 4.79 Å². The van der Waals surface area contributed by atoms with Crippen molar-refractivity contribution in [2.24, 2.45) is 0 Å². The summed E-state index contributed by atoms with van der Waals surface area (Å²) >= 11 is 5.84. The number of rotatable bonds is 3. The molecule has 4 heteroatoms. The van der Waals surface area contributed by atoms with Crippen molar-refractivity contribution in [3.63, 3.8) is 0 Å². The first kappa shape index (κ1) is 13.2. The predicted molar refractivity (Wildman–Crippen MR) is 72.2 cm³/mol. The SMILES string of the molecule is CC(C)(CCl)NC(=O)C1CCOc2ccccc21. The molecule has 0 saturated heterocycles. The van der Waals surface area contributed by atoms with Gasteiger partial charge in [0.1, 0.15) is 5.75 Å². The number of hydrogen-bond donors (Lipinski definition) is 1. The minimum Gasteiger partial charge on any atom is -0.493 e. The average Bonchev–Trinajstić information content (AvgIpc) is 2.37. The lowest BCUT2D eigenvalue weighted by molar-refractivity contribution is -0.124. The highest BCUT2D eigenvalue weighted by Crippen LogP contribution is 2.33. The van der Waals surface area contributed by atoms with E-state index in [1.807, 2.05) is 38.1 Å². The molecule has 1 heterocycles. The number of fused-ring (bicyclic) bond motifs is 1. The third-order valence-electron chi connectivity index (χ3n) is 3.07. The Kier molecular flexibility index (Phi) is 3.81. The molecule has 0 saturated carbocycles. The van der Waals surface area contributed by atoms with Gasteiger partial charge in [0, 0.05) is 17.0 Å². The molecule has 2 rings (SSSR count). The van der Waals surface area contributed by atoms with Crippen molar-refractivity contribution in [2.45, 2.75) is 31.7 Å². The zero-order valence-electron chi connectivity index (χ0n) is 10.7. The lowest BCUT2D eigenvalue weighted by atomic mass is 9.91. The first-order chi connectivity index (χ1) is 8.53. The average molecular weight is 268 g/mol. The number of para-hydroxylation sites is 1. The Hall–Kier alpha value is -1.22. The standard InChI is InChI=1S/C14H18ClNO2/c1-14(2,9-15)16-13(17)11-7-8-18-12-6-4-3-5-10(11)12/h3-6,11H,7-9H2,1-2H3,(H,16,17). The first-order valence-electron chi connectivity index (χ1n) is 6.13. The molecule has 1 N–H and O–H groups in total. The second-order valence-corrected chi connectivity index (χ2v) is 5.50. The quantitative estimate of drug-likeness (QED) is 0.855. The number of ether oxygens (including phenoxy) is 1. The monoisotopic (exact) mass is 267 g/mol. The van der Waals surface area contributed by atoms with Crippen LogP contribution in [-0.2, 0) is 4.79 Å². The number of carbonyl (C=O) groups is 1. The van der Waals surface area contributed by atoms with Crippen molar-refractivity contribution in [1.82, 2.24) is 5.32 Å². The van der Waals surface area contributed by atoms with Gasteiger partial charge in [-0.15, -0.1) is 11.6 Å². The summed E-state index contributed by atoms with van der Waals surface area (Å²) < 4.78 is 5.55. The molecule has 1 aromatic rings. The highest BCUT2D eigenvalue weighted by atomic mass is 35.5. The Balaban J connectivity index is 2.18.